The normalized spacial score (nSPS) is 12.2. The van der Waals surface area contributed by atoms with Crippen molar-refractivity contribution in [1.82, 2.24) is 5.32 Å². The van der Waals surface area contributed by atoms with Crippen LogP contribution in [0.15, 0.2) is 42.5 Å². The average Bonchev–Trinajstić information content (AvgIpc) is 2.71. The number of rotatable bonds is 9. The van der Waals surface area contributed by atoms with E-state index in [1.807, 2.05) is 37.3 Å². The predicted octanol–water partition coefficient (Wildman–Crippen LogP) is 4.52. The zero-order chi connectivity index (χ0) is 21.4. The van der Waals surface area contributed by atoms with Gasteiger partial charge in [-0.05, 0) is 53.6 Å². The summed E-state index contributed by atoms with van der Waals surface area (Å²) in [7, 11) is 3.22. The predicted molar refractivity (Wildman–Crippen MR) is 116 cm³/mol. The van der Waals surface area contributed by atoms with Gasteiger partial charge < -0.3 is 19.5 Å². The number of benzene rings is 2. The van der Waals surface area contributed by atoms with Crippen LogP contribution in [0.25, 0.3) is 0 Å². The summed E-state index contributed by atoms with van der Waals surface area (Å²) in [5.74, 6) is 1.98. The van der Waals surface area contributed by atoms with Gasteiger partial charge in [-0.25, -0.2) is 0 Å². The van der Waals surface area contributed by atoms with Crippen LogP contribution in [0, 0.1) is 0 Å². The molecule has 158 valence electrons. The van der Waals surface area contributed by atoms with Crippen molar-refractivity contribution in [2.45, 2.75) is 52.1 Å². The number of ether oxygens (including phenoxy) is 3. The van der Waals surface area contributed by atoms with E-state index in [4.69, 9.17) is 14.2 Å². The third-order valence-electron chi connectivity index (χ3n) is 4.82. The first-order chi connectivity index (χ1) is 13.8. The summed E-state index contributed by atoms with van der Waals surface area (Å²) < 4.78 is 16.5. The Morgan fingerprint density at radius 2 is 1.66 bits per heavy atom. The molecule has 0 spiro atoms. The van der Waals surface area contributed by atoms with Gasteiger partial charge in [0.1, 0.15) is 5.75 Å². The number of carbonyl (C=O) groups is 1. The summed E-state index contributed by atoms with van der Waals surface area (Å²) in [6.07, 6.45) is 0.785. The molecule has 0 aliphatic heterocycles. The average molecular weight is 400 g/mol. The Balaban J connectivity index is 1.90. The quantitative estimate of drug-likeness (QED) is 0.674. The van der Waals surface area contributed by atoms with Crippen LogP contribution in [0.3, 0.4) is 0 Å². The summed E-state index contributed by atoms with van der Waals surface area (Å²) in [6.45, 7) is 8.98. The minimum Gasteiger partial charge on any atom is -0.493 e. The highest BCUT2D eigenvalue weighted by Gasteiger charge is 2.19. The molecule has 1 N–H and O–H groups in total. The smallest absolute Gasteiger partial charge is 0.261 e. The maximum atomic E-state index is 12.5. The summed E-state index contributed by atoms with van der Waals surface area (Å²) in [5.41, 5.74) is 2.39. The third-order valence-corrected chi connectivity index (χ3v) is 4.82. The van der Waals surface area contributed by atoms with Crippen LogP contribution < -0.4 is 19.5 Å². The van der Waals surface area contributed by atoms with Crippen LogP contribution in [0.1, 0.15) is 45.2 Å². The molecule has 0 heterocycles. The Hall–Kier alpha value is -2.69. The van der Waals surface area contributed by atoms with Crippen LogP contribution in [-0.4, -0.2) is 32.8 Å². The molecule has 0 saturated carbocycles. The van der Waals surface area contributed by atoms with Crippen molar-refractivity contribution in [3.05, 3.63) is 53.6 Å². The molecule has 1 unspecified atom stereocenters. The Labute approximate surface area is 174 Å². The molecule has 5 nitrogen and oxygen atoms in total. The monoisotopic (exact) mass is 399 g/mol. The van der Waals surface area contributed by atoms with E-state index < -0.39 is 6.10 Å². The highest BCUT2D eigenvalue weighted by Crippen LogP contribution is 2.27. The Morgan fingerprint density at radius 3 is 2.21 bits per heavy atom. The molecule has 0 fully saturated rings. The SMILES string of the molecule is CCC(Oc1ccc(C(C)(C)C)cc1)C(=O)NCCc1ccc(OC)c(OC)c1. The zero-order valence-electron chi connectivity index (χ0n) is 18.4. The van der Waals surface area contributed by atoms with E-state index in [-0.39, 0.29) is 11.3 Å². The minimum atomic E-state index is -0.513. The second-order valence-corrected chi connectivity index (χ2v) is 8.02. The molecular weight excluding hydrogens is 366 g/mol. The second kappa shape index (κ2) is 10.2. The first-order valence-electron chi connectivity index (χ1n) is 10.0. The van der Waals surface area contributed by atoms with Crippen molar-refractivity contribution >= 4 is 5.91 Å². The van der Waals surface area contributed by atoms with Crippen LogP contribution in [-0.2, 0) is 16.6 Å². The molecule has 2 rings (SSSR count). The Bertz CT molecular complexity index is 794. The molecule has 0 aromatic heterocycles. The van der Waals surface area contributed by atoms with Gasteiger partial charge in [-0.15, -0.1) is 0 Å². The molecule has 0 aliphatic rings. The van der Waals surface area contributed by atoms with Gasteiger partial charge in [0.15, 0.2) is 17.6 Å². The van der Waals surface area contributed by atoms with Gasteiger partial charge in [-0.2, -0.15) is 0 Å². The first kappa shape index (κ1) is 22.6. The molecule has 29 heavy (non-hydrogen) atoms. The zero-order valence-corrected chi connectivity index (χ0v) is 18.4. The first-order valence-corrected chi connectivity index (χ1v) is 10.0. The summed E-state index contributed by atoms with van der Waals surface area (Å²) in [6, 6.07) is 13.7. The fraction of sp³-hybridized carbons (Fsp3) is 0.458. The van der Waals surface area contributed by atoms with Crippen molar-refractivity contribution < 1.29 is 19.0 Å². The van der Waals surface area contributed by atoms with E-state index in [2.05, 4.69) is 38.2 Å². The number of hydrogen-bond donors (Lipinski definition) is 1. The second-order valence-electron chi connectivity index (χ2n) is 8.02. The van der Waals surface area contributed by atoms with E-state index in [0.29, 0.717) is 36.6 Å². The standard InChI is InChI=1S/C24H33NO4/c1-7-20(29-19-11-9-18(10-12-19)24(2,3)4)23(26)25-15-14-17-8-13-21(27-5)22(16-17)28-6/h8-13,16,20H,7,14-15H2,1-6H3,(H,25,26). The van der Waals surface area contributed by atoms with Crippen molar-refractivity contribution in [1.29, 1.82) is 0 Å². The minimum absolute atomic E-state index is 0.0875. The fourth-order valence-corrected chi connectivity index (χ4v) is 3.00. The molecule has 5 heteroatoms. The Morgan fingerprint density at radius 1 is 1.00 bits per heavy atom. The third kappa shape index (κ3) is 6.41. The molecule has 0 aliphatic carbocycles. The van der Waals surface area contributed by atoms with Gasteiger partial charge in [0.25, 0.3) is 5.91 Å². The topological polar surface area (TPSA) is 56.8 Å². The van der Waals surface area contributed by atoms with E-state index >= 15 is 0 Å². The van der Waals surface area contributed by atoms with Gasteiger partial charge in [0.2, 0.25) is 0 Å². The molecular formula is C24H33NO4. The molecule has 2 aromatic rings. The van der Waals surface area contributed by atoms with E-state index in [1.54, 1.807) is 14.2 Å². The number of amides is 1. The lowest BCUT2D eigenvalue weighted by Crippen LogP contribution is -2.38. The van der Waals surface area contributed by atoms with Crippen molar-refractivity contribution in [3.8, 4) is 17.2 Å². The molecule has 0 radical (unpaired) electrons. The molecule has 2 aromatic carbocycles. The largest absolute Gasteiger partial charge is 0.493 e. The van der Waals surface area contributed by atoms with Gasteiger partial charge in [-0.3, -0.25) is 4.79 Å². The summed E-state index contributed by atoms with van der Waals surface area (Å²) >= 11 is 0. The number of nitrogens with one attached hydrogen (secondary N) is 1. The highest BCUT2D eigenvalue weighted by atomic mass is 16.5. The lowest BCUT2D eigenvalue weighted by molar-refractivity contribution is -0.128. The van der Waals surface area contributed by atoms with Crippen molar-refractivity contribution in [2.24, 2.45) is 0 Å². The Kier molecular flexibility index (Phi) is 7.94. The summed E-state index contributed by atoms with van der Waals surface area (Å²) in [4.78, 5) is 12.5. The maximum Gasteiger partial charge on any atom is 0.261 e. The molecule has 0 bridgehead atoms. The van der Waals surface area contributed by atoms with Crippen molar-refractivity contribution in [2.75, 3.05) is 20.8 Å². The fourth-order valence-electron chi connectivity index (χ4n) is 3.00. The number of methoxy groups -OCH3 is 2. The van der Waals surface area contributed by atoms with Crippen LogP contribution >= 0.6 is 0 Å². The molecule has 0 saturated heterocycles. The highest BCUT2D eigenvalue weighted by molar-refractivity contribution is 5.81. The van der Waals surface area contributed by atoms with E-state index in [0.717, 1.165) is 5.56 Å². The lowest BCUT2D eigenvalue weighted by atomic mass is 9.87. The van der Waals surface area contributed by atoms with Crippen molar-refractivity contribution in [3.63, 3.8) is 0 Å². The number of hydrogen-bond acceptors (Lipinski definition) is 4. The van der Waals surface area contributed by atoms with Gasteiger partial charge in [-0.1, -0.05) is 45.9 Å². The van der Waals surface area contributed by atoms with Gasteiger partial charge in [0, 0.05) is 6.54 Å². The number of carbonyl (C=O) groups excluding carboxylic acids is 1. The molecule has 1 atom stereocenters. The van der Waals surface area contributed by atoms with Crippen LogP contribution in [0.2, 0.25) is 0 Å². The van der Waals surface area contributed by atoms with Gasteiger partial charge in [0.05, 0.1) is 14.2 Å². The van der Waals surface area contributed by atoms with E-state index in [1.165, 1.54) is 5.56 Å². The van der Waals surface area contributed by atoms with Gasteiger partial charge >= 0.3 is 0 Å². The lowest BCUT2D eigenvalue weighted by Gasteiger charge is -2.21. The van der Waals surface area contributed by atoms with Crippen LogP contribution in [0.4, 0.5) is 0 Å². The summed E-state index contributed by atoms with van der Waals surface area (Å²) in [5, 5.41) is 2.97. The molecule has 1 amide bonds. The van der Waals surface area contributed by atoms with Crippen LogP contribution in [0.5, 0.6) is 17.2 Å². The van der Waals surface area contributed by atoms with E-state index in [9.17, 15) is 4.79 Å². The maximum absolute atomic E-state index is 12.5.